The van der Waals surface area contributed by atoms with Crippen molar-refractivity contribution in [2.24, 2.45) is 0 Å². The number of anilines is 1. The number of nitrogens with zero attached hydrogens (tertiary/aromatic N) is 3. The number of carbonyl (C=O) groups is 1. The molecule has 1 aliphatic rings. The van der Waals surface area contributed by atoms with Gasteiger partial charge in [-0.15, -0.1) is 0 Å². The summed E-state index contributed by atoms with van der Waals surface area (Å²) < 4.78 is 0. The number of nitrogens with one attached hydrogen (secondary N) is 1. The van der Waals surface area contributed by atoms with Crippen molar-refractivity contribution in [1.29, 1.82) is 5.26 Å². The van der Waals surface area contributed by atoms with Gasteiger partial charge in [-0.25, -0.2) is 0 Å². The van der Waals surface area contributed by atoms with Crippen molar-refractivity contribution in [3.05, 3.63) is 59.9 Å². The lowest BCUT2D eigenvalue weighted by Crippen LogP contribution is -2.31. The summed E-state index contributed by atoms with van der Waals surface area (Å²) in [7, 11) is 0. The number of hydrogen-bond donors (Lipinski definition) is 1. The summed E-state index contributed by atoms with van der Waals surface area (Å²) in [4.78, 5) is 18.3. The molecule has 1 aromatic heterocycles. The Hall–Kier alpha value is -2.87. The van der Waals surface area contributed by atoms with E-state index in [0.29, 0.717) is 18.5 Å². The lowest BCUT2D eigenvalue weighted by atomic mass is 10.1. The Morgan fingerprint density at radius 2 is 2.17 bits per heavy atom. The van der Waals surface area contributed by atoms with Crippen molar-refractivity contribution in [3.8, 4) is 6.07 Å². The molecule has 1 amide bonds. The Balaban J connectivity index is 1.51. The number of nitriles is 1. The lowest BCUT2D eigenvalue weighted by molar-refractivity contribution is -0.130. The highest BCUT2D eigenvalue weighted by Gasteiger charge is 2.26. The van der Waals surface area contributed by atoms with Crippen LogP contribution in [0.15, 0.2) is 48.8 Å². The molecule has 0 aliphatic carbocycles. The normalized spacial score (nSPS) is 16.6. The molecule has 122 valence electrons. The minimum absolute atomic E-state index is 0.168. The smallest absolute Gasteiger partial charge is 0.222 e. The highest BCUT2D eigenvalue weighted by molar-refractivity contribution is 5.77. The molecule has 0 saturated carbocycles. The van der Waals surface area contributed by atoms with Crippen LogP contribution in [0.2, 0.25) is 0 Å². The Labute approximate surface area is 141 Å². The highest BCUT2D eigenvalue weighted by Crippen LogP contribution is 2.19. The molecule has 1 aliphatic heterocycles. The van der Waals surface area contributed by atoms with Crippen molar-refractivity contribution in [3.63, 3.8) is 0 Å². The molecule has 5 nitrogen and oxygen atoms in total. The van der Waals surface area contributed by atoms with Crippen LogP contribution in [0.4, 0.5) is 5.69 Å². The second-order valence-electron chi connectivity index (χ2n) is 5.99. The molecule has 2 aromatic rings. The quantitative estimate of drug-likeness (QED) is 0.919. The first-order valence-electron chi connectivity index (χ1n) is 8.18. The van der Waals surface area contributed by atoms with E-state index in [9.17, 15) is 4.79 Å². The first kappa shape index (κ1) is 16.0. The van der Waals surface area contributed by atoms with Crippen molar-refractivity contribution in [2.45, 2.75) is 25.3 Å². The number of carbonyl (C=O) groups excluding carboxylic acids is 1. The standard InChI is InChI=1S/C19H20N4O/c20-12-16-8-10-21-13-18(16)22-17-9-11-23(14-17)19(24)7-6-15-4-2-1-3-5-15/h1-5,8,10,13,17,22H,6-7,9,11,14H2. The van der Waals surface area contributed by atoms with E-state index in [1.54, 1.807) is 18.5 Å². The summed E-state index contributed by atoms with van der Waals surface area (Å²) in [5.41, 5.74) is 2.51. The molecule has 1 atom stereocenters. The van der Waals surface area contributed by atoms with Crippen molar-refractivity contribution in [1.82, 2.24) is 9.88 Å². The van der Waals surface area contributed by atoms with Crippen LogP contribution in [0.1, 0.15) is 24.0 Å². The number of benzene rings is 1. The molecule has 1 saturated heterocycles. The van der Waals surface area contributed by atoms with Crippen molar-refractivity contribution in [2.75, 3.05) is 18.4 Å². The van der Waals surface area contributed by atoms with E-state index in [-0.39, 0.29) is 11.9 Å². The monoisotopic (exact) mass is 320 g/mol. The maximum atomic E-state index is 12.4. The van der Waals surface area contributed by atoms with Crippen LogP contribution in [-0.2, 0) is 11.2 Å². The van der Waals surface area contributed by atoms with Crippen LogP contribution in [0.25, 0.3) is 0 Å². The fourth-order valence-electron chi connectivity index (χ4n) is 2.99. The molecule has 5 heteroatoms. The zero-order valence-electron chi connectivity index (χ0n) is 13.5. The minimum Gasteiger partial charge on any atom is -0.378 e. The summed E-state index contributed by atoms with van der Waals surface area (Å²) in [6.45, 7) is 1.43. The van der Waals surface area contributed by atoms with Crippen LogP contribution >= 0.6 is 0 Å². The van der Waals surface area contributed by atoms with Gasteiger partial charge < -0.3 is 10.2 Å². The largest absolute Gasteiger partial charge is 0.378 e. The first-order valence-corrected chi connectivity index (χ1v) is 8.18. The number of aromatic nitrogens is 1. The Kier molecular flexibility index (Phi) is 5.07. The fraction of sp³-hybridized carbons (Fsp3) is 0.316. The third-order valence-corrected chi connectivity index (χ3v) is 4.31. The highest BCUT2D eigenvalue weighted by atomic mass is 16.2. The third kappa shape index (κ3) is 3.90. The maximum Gasteiger partial charge on any atom is 0.222 e. The van der Waals surface area contributed by atoms with Gasteiger partial charge >= 0.3 is 0 Å². The molecule has 1 unspecified atom stereocenters. The van der Waals surface area contributed by atoms with E-state index >= 15 is 0 Å². The SMILES string of the molecule is N#Cc1ccncc1NC1CCN(C(=O)CCc2ccccc2)C1. The molecule has 0 bridgehead atoms. The van der Waals surface area contributed by atoms with E-state index in [1.807, 2.05) is 35.2 Å². The predicted octanol–water partition coefficient (Wildman–Crippen LogP) is 2.60. The Morgan fingerprint density at radius 1 is 1.33 bits per heavy atom. The van der Waals surface area contributed by atoms with Crippen LogP contribution < -0.4 is 5.32 Å². The number of pyridine rings is 1. The van der Waals surface area contributed by atoms with E-state index in [4.69, 9.17) is 5.26 Å². The van der Waals surface area contributed by atoms with Gasteiger partial charge in [0.2, 0.25) is 5.91 Å². The molecular formula is C19H20N4O. The molecule has 0 spiro atoms. The minimum atomic E-state index is 0.168. The zero-order chi connectivity index (χ0) is 16.8. The molecule has 3 rings (SSSR count). The van der Waals surface area contributed by atoms with Gasteiger partial charge in [-0.05, 0) is 24.5 Å². The topological polar surface area (TPSA) is 69.0 Å². The van der Waals surface area contributed by atoms with Crippen LogP contribution in [0, 0.1) is 11.3 Å². The summed E-state index contributed by atoms with van der Waals surface area (Å²) in [6, 6.07) is 14.1. The van der Waals surface area contributed by atoms with Gasteiger partial charge in [0.1, 0.15) is 6.07 Å². The van der Waals surface area contributed by atoms with Crippen LogP contribution in [-0.4, -0.2) is 34.9 Å². The summed E-state index contributed by atoms with van der Waals surface area (Å²) in [5.74, 6) is 0.190. The number of likely N-dealkylation sites (tertiary alicyclic amines) is 1. The van der Waals surface area contributed by atoms with Gasteiger partial charge in [0.25, 0.3) is 0 Å². The van der Waals surface area contributed by atoms with E-state index < -0.39 is 0 Å². The van der Waals surface area contributed by atoms with Gasteiger partial charge in [-0.1, -0.05) is 30.3 Å². The van der Waals surface area contributed by atoms with Crippen molar-refractivity contribution >= 4 is 11.6 Å². The average molecular weight is 320 g/mol. The van der Waals surface area contributed by atoms with E-state index in [0.717, 1.165) is 25.1 Å². The molecule has 2 heterocycles. The number of amides is 1. The van der Waals surface area contributed by atoms with E-state index in [2.05, 4.69) is 16.4 Å². The number of rotatable bonds is 5. The maximum absolute atomic E-state index is 12.4. The average Bonchev–Trinajstić information content (AvgIpc) is 3.10. The zero-order valence-corrected chi connectivity index (χ0v) is 13.5. The molecule has 24 heavy (non-hydrogen) atoms. The summed E-state index contributed by atoms with van der Waals surface area (Å²) in [5, 5.41) is 12.5. The van der Waals surface area contributed by atoms with E-state index in [1.165, 1.54) is 5.56 Å². The Bertz CT molecular complexity index is 739. The Morgan fingerprint density at radius 3 is 2.96 bits per heavy atom. The van der Waals surface area contributed by atoms with Gasteiger partial charge in [0.15, 0.2) is 0 Å². The molecule has 1 aromatic carbocycles. The lowest BCUT2D eigenvalue weighted by Gasteiger charge is -2.18. The summed E-state index contributed by atoms with van der Waals surface area (Å²) in [6.07, 6.45) is 5.47. The van der Waals surface area contributed by atoms with Crippen molar-refractivity contribution < 1.29 is 4.79 Å². The molecule has 1 N–H and O–H groups in total. The van der Waals surface area contributed by atoms with Gasteiger partial charge in [0.05, 0.1) is 17.4 Å². The van der Waals surface area contributed by atoms with Crippen LogP contribution in [0.3, 0.4) is 0 Å². The van der Waals surface area contributed by atoms with Gasteiger partial charge in [0, 0.05) is 31.7 Å². The van der Waals surface area contributed by atoms with Crippen LogP contribution in [0.5, 0.6) is 0 Å². The predicted molar refractivity (Wildman–Crippen MR) is 92.3 cm³/mol. The second-order valence-corrected chi connectivity index (χ2v) is 5.99. The molecular weight excluding hydrogens is 300 g/mol. The fourth-order valence-corrected chi connectivity index (χ4v) is 2.99. The second kappa shape index (κ2) is 7.60. The van der Waals surface area contributed by atoms with Gasteiger partial charge in [-0.2, -0.15) is 5.26 Å². The molecule has 0 radical (unpaired) electrons. The third-order valence-electron chi connectivity index (χ3n) is 4.31. The summed E-state index contributed by atoms with van der Waals surface area (Å²) >= 11 is 0. The van der Waals surface area contributed by atoms with Gasteiger partial charge in [-0.3, -0.25) is 9.78 Å². The first-order chi connectivity index (χ1) is 11.8. The number of aryl methyl sites for hydroxylation is 1. The number of hydrogen-bond acceptors (Lipinski definition) is 4. The molecule has 1 fully saturated rings.